The second-order valence-corrected chi connectivity index (χ2v) is 7.39. The van der Waals surface area contributed by atoms with Crippen molar-refractivity contribution in [3.05, 3.63) is 77.4 Å². The summed E-state index contributed by atoms with van der Waals surface area (Å²) in [6.07, 6.45) is 5.06. The third kappa shape index (κ3) is 3.62. The van der Waals surface area contributed by atoms with Gasteiger partial charge in [0, 0.05) is 17.6 Å². The molecule has 31 heavy (non-hydrogen) atoms. The Morgan fingerprint density at radius 3 is 2.61 bits per heavy atom. The molecule has 156 valence electrons. The highest BCUT2D eigenvalue weighted by atomic mass is 32.1. The zero-order valence-corrected chi connectivity index (χ0v) is 18.1. The van der Waals surface area contributed by atoms with Crippen LogP contribution in [0.25, 0.3) is 11.8 Å². The van der Waals surface area contributed by atoms with Gasteiger partial charge in [-0.2, -0.15) is 0 Å². The summed E-state index contributed by atoms with van der Waals surface area (Å²) >= 11 is 5.28. The van der Waals surface area contributed by atoms with E-state index in [2.05, 4.69) is 10.3 Å². The van der Waals surface area contributed by atoms with E-state index in [1.165, 1.54) is 12.0 Å². The van der Waals surface area contributed by atoms with Crippen molar-refractivity contribution in [1.29, 1.82) is 0 Å². The van der Waals surface area contributed by atoms with Gasteiger partial charge in [0.05, 0.1) is 24.7 Å². The van der Waals surface area contributed by atoms with Crippen molar-refractivity contribution >= 4 is 40.9 Å². The third-order valence-corrected chi connectivity index (χ3v) is 5.39. The summed E-state index contributed by atoms with van der Waals surface area (Å²) in [6, 6.07) is 12.7. The maximum Gasteiger partial charge on any atom is 0.270 e. The lowest BCUT2D eigenvalue weighted by molar-refractivity contribution is -0.122. The summed E-state index contributed by atoms with van der Waals surface area (Å²) < 4.78 is 7.39. The number of methoxy groups -OCH3 is 1. The number of thiocarbonyl (C=S) groups is 1. The molecule has 0 atom stereocenters. The number of nitrogens with zero attached hydrogens (tertiary/aromatic N) is 3. The molecular formula is C23H20N4O3S. The minimum absolute atomic E-state index is 0.00839. The molecule has 7 nitrogen and oxygen atoms in total. The van der Waals surface area contributed by atoms with Crippen molar-refractivity contribution in [3.63, 3.8) is 0 Å². The van der Waals surface area contributed by atoms with Crippen LogP contribution in [0.2, 0.25) is 0 Å². The number of amides is 2. The molecule has 8 heteroatoms. The van der Waals surface area contributed by atoms with Gasteiger partial charge in [-0.05, 0) is 68.0 Å². The second kappa shape index (κ2) is 8.16. The van der Waals surface area contributed by atoms with E-state index in [0.717, 1.165) is 22.6 Å². The molecule has 1 fully saturated rings. The highest BCUT2D eigenvalue weighted by molar-refractivity contribution is 7.80. The fraction of sp³-hybridized carbons (Fsp3) is 0.130. The summed E-state index contributed by atoms with van der Waals surface area (Å²) in [5.74, 6) is -0.569. The largest absolute Gasteiger partial charge is 0.495 e. The average molecular weight is 433 g/mol. The van der Waals surface area contributed by atoms with Gasteiger partial charge in [0.25, 0.3) is 11.8 Å². The number of para-hydroxylation sites is 2. The topological polar surface area (TPSA) is 76.5 Å². The van der Waals surface area contributed by atoms with Crippen LogP contribution in [0.3, 0.4) is 0 Å². The predicted molar refractivity (Wildman–Crippen MR) is 122 cm³/mol. The molecule has 0 unspecified atom stereocenters. The minimum atomic E-state index is -0.535. The lowest BCUT2D eigenvalue weighted by Crippen LogP contribution is -2.54. The van der Waals surface area contributed by atoms with Crippen LogP contribution >= 0.6 is 12.2 Å². The summed E-state index contributed by atoms with van der Waals surface area (Å²) in [6.45, 7) is 3.89. The highest BCUT2D eigenvalue weighted by Crippen LogP contribution is 2.31. The molecule has 2 amide bonds. The van der Waals surface area contributed by atoms with E-state index in [-0.39, 0.29) is 10.7 Å². The molecule has 2 aromatic heterocycles. The van der Waals surface area contributed by atoms with Crippen molar-refractivity contribution in [1.82, 2.24) is 14.9 Å². The molecule has 0 saturated carbocycles. The standard InChI is InChI=1S/C23H20N4O3S/c1-14-11-16(15(2)26(14)17-7-6-10-24-13-17)12-18-21(28)25-23(31)27(22(18)29)19-8-4-5-9-20(19)30-3/h4-13H,1-3H3,(H,25,28,31). The van der Waals surface area contributed by atoms with Crippen molar-refractivity contribution < 1.29 is 14.3 Å². The van der Waals surface area contributed by atoms with E-state index in [4.69, 9.17) is 17.0 Å². The lowest BCUT2D eigenvalue weighted by atomic mass is 10.1. The van der Waals surface area contributed by atoms with Crippen LogP contribution in [-0.4, -0.2) is 33.6 Å². The number of pyridine rings is 1. The van der Waals surface area contributed by atoms with Crippen LogP contribution in [0.1, 0.15) is 17.0 Å². The molecule has 1 aromatic carbocycles. The molecule has 1 aliphatic rings. The molecule has 3 heterocycles. The Balaban J connectivity index is 1.78. The number of aromatic nitrogens is 2. The van der Waals surface area contributed by atoms with E-state index < -0.39 is 11.8 Å². The highest BCUT2D eigenvalue weighted by Gasteiger charge is 2.36. The van der Waals surface area contributed by atoms with Crippen LogP contribution in [0, 0.1) is 13.8 Å². The first-order chi connectivity index (χ1) is 14.9. The second-order valence-electron chi connectivity index (χ2n) is 7.00. The van der Waals surface area contributed by atoms with Gasteiger partial charge in [-0.15, -0.1) is 0 Å². The molecular weight excluding hydrogens is 412 g/mol. The number of hydrogen-bond acceptors (Lipinski definition) is 5. The molecule has 1 aliphatic heterocycles. The lowest BCUT2D eigenvalue weighted by Gasteiger charge is -2.29. The first-order valence-electron chi connectivity index (χ1n) is 9.56. The van der Waals surface area contributed by atoms with Gasteiger partial charge in [-0.1, -0.05) is 12.1 Å². The Morgan fingerprint density at radius 1 is 1.13 bits per heavy atom. The molecule has 0 bridgehead atoms. The number of carbonyl (C=O) groups is 2. The zero-order chi connectivity index (χ0) is 22.1. The molecule has 3 aromatic rings. The van der Waals surface area contributed by atoms with Gasteiger partial charge in [0.15, 0.2) is 5.11 Å². The maximum absolute atomic E-state index is 13.3. The number of aryl methyl sites for hydroxylation is 1. The molecule has 4 rings (SSSR count). The third-order valence-electron chi connectivity index (χ3n) is 5.10. The van der Waals surface area contributed by atoms with Gasteiger partial charge in [0.1, 0.15) is 11.3 Å². The summed E-state index contributed by atoms with van der Waals surface area (Å²) in [7, 11) is 1.51. The number of rotatable bonds is 4. The summed E-state index contributed by atoms with van der Waals surface area (Å²) in [5.41, 5.74) is 3.96. The predicted octanol–water partition coefficient (Wildman–Crippen LogP) is 3.33. The van der Waals surface area contributed by atoms with Crippen LogP contribution in [-0.2, 0) is 9.59 Å². The van der Waals surface area contributed by atoms with E-state index in [1.807, 2.05) is 36.6 Å². The van der Waals surface area contributed by atoms with Crippen molar-refractivity contribution in [2.45, 2.75) is 13.8 Å². The first kappa shape index (κ1) is 20.5. The van der Waals surface area contributed by atoms with Gasteiger partial charge in [0.2, 0.25) is 0 Å². The number of nitrogens with one attached hydrogen (secondary N) is 1. The molecule has 0 spiro atoms. The van der Waals surface area contributed by atoms with E-state index in [9.17, 15) is 9.59 Å². The maximum atomic E-state index is 13.3. The van der Waals surface area contributed by atoms with E-state index >= 15 is 0 Å². The van der Waals surface area contributed by atoms with Crippen molar-refractivity contribution in [2.75, 3.05) is 12.0 Å². The van der Waals surface area contributed by atoms with Gasteiger partial charge in [-0.25, -0.2) is 4.90 Å². The van der Waals surface area contributed by atoms with Crippen molar-refractivity contribution in [2.24, 2.45) is 0 Å². The smallest absolute Gasteiger partial charge is 0.270 e. The quantitative estimate of drug-likeness (QED) is 0.389. The Morgan fingerprint density at radius 2 is 1.90 bits per heavy atom. The van der Waals surface area contributed by atoms with Gasteiger partial charge >= 0.3 is 0 Å². The Bertz CT molecular complexity index is 1230. The minimum Gasteiger partial charge on any atom is -0.495 e. The van der Waals surface area contributed by atoms with Crippen LogP contribution in [0.15, 0.2) is 60.4 Å². The SMILES string of the molecule is COc1ccccc1N1C(=O)C(=Cc2cc(C)n(-c3cccnc3)c2C)C(=O)NC1=S. The molecule has 1 saturated heterocycles. The number of carbonyl (C=O) groups excluding carboxylic acids is 2. The monoisotopic (exact) mass is 432 g/mol. The van der Waals surface area contributed by atoms with Gasteiger partial charge in [-0.3, -0.25) is 19.9 Å². The van der Waals surface area contributed by atoms with Crippen LogP contribution in [0.4, 0.5) is 5.69 Å². The molecule has 0 radical (unpaired) electrons. The molecule has 1 N–H and O–H groups in total. The van der Waals surface area contributed by atoms with Gasteiger partial charge < -0.3 is 9.30 Å². The fourth-order valence-corrected chi connectivity index (χ4v) is 3.94. The average Bonchev–Trinajstić information content (AvgIpc) is 3.04. The Labute approximate surface area is 185 Å². The first-order valence-corrected chi connectivity index (χ1v) is 9.97. The molecule has 0 aliphatic carbocycles. The summed E-state index contributed by atoms with van der Waals surface area (Å²) in [4.78, 5) is 31.4. The normalized spacial score (nSPS) is 15.4. The zero-order valence-electron chi connectivity index (χ0n) is 17.2. The fourth-order valence-electron chi connectivity index (χ4n) is 3.66. The van der Waals surface area contributed by atoms with E-state index in [1.54, 1.807) is 42.7 Å². The van der Waals surface area contributed by atoms with Crippen molar-refractivity contribution in [3.8, 4) is 11.4 Å². The Hall–Kier alpha value is -3.78. The number of hydrogen-bond donors (Lipinski definition) is 1. The van der Waals surface area contributed by atoms with E-state index in [0.29, 0.717) is 11.4 Å². The Kier molecular flexibility index (Phi) is 5.39. The number of ether oxygens (including phenoxy) is 1. The van der Waals surface area contributed by atoms with Crippen LogP contribution < -0.4 is 15.0 Å². The van der Waals surface area contributed by atoms with Crippen LogP contribution in [0.5, 0.6) is 5.75 Å². The number of benzene rings is 1. The summed E-state index contributed by atoms with van der Waals surface area (Å²) in [5, 5.41) is 2.62. The number of anilines is 1.